The SMILES string of the molecule is O=C(O)c1csc(S(=O)(=O)N2CCCNCC2)c1. The topological polar surface area (TPSA) is 86.7 Å². The van der Waals surface area contributed by atoms with Gasteiger partial charge in [0.15, 0.2) is 0 Å². The number of hydrogen-bond acceptors (Lipinski definition) is 5. The van der Waals surface area contributed by atoms with Crippen LogP contribution >= 0.6 is 11.3 Å². The number of carboxylic acid groups (broad SMARTS) is 1. The Hall–Kier alpha value is -0.960. The summed E-state index contributed by atoms with van der Waals surface area (Å²) in [6.45, 7) is 2.31. The monoisotopic (exact) mass is 290 g/mol. The van der Waals surface area contributed by atoms with E-state index in [1.54, 1.807) is 0 Å². The largest absolute Gasteiger partial charge is 0.478 e. The van der Waals surface area contributed by atoms with Gasteiger partial charge in [-0.25, -0.2) is 13.2 Å². The van der Waals surface area contributed by atoms with Crippen LogP contribution in [0.2, 0.25) is 0 Å². The van der Waals surface area contributed by atoms with Gasteiger partial charge in [0, 0.05) is 25.0 Å². The lowest BCUT2D eigenvalue weighted by Gasteiger charge is -2.18. The highest BCUT2D eigenvalue weighted by molar-refractivity contribution is 7.91. The van der Waals surface area contributed by atoms with Crippen LogP contribution in [0.25, 0.3) is 0 Å². The van der Waals surface area contributed by atoms with Gasteiger partial charge in [0.25, 0.3) is 10.0 Å². The molecule has 0 aliphatic carbocycles. The molecule has 1 aromatic heterocycles. The lowest BCUT2D eigenvalue weighted by atomic mass is 10.4. The van der Waals surface area contributed by atoms with E-state index in [0.29, 0.717) is 19.6 Å². The zero-order chi connectivity index (χ0) is 13.2. The first-order valence-corrected chi connectivity index (χ1v) is 7.86. The molecule has 0 radical (unpaired) electrons. The molecule has 8 heteroatoms. The van der Waals surface area contributed by atoms with E-state index in [-0.39, 0.29) is 9.77 Å². The quantitative estimate of drug-likeness (QED) is 0.843. The molecule has 0 amide bonds. The molecule has 0 atom stereocenters. The van der Waals surface area contributed by atoms with Crippen molar-refractivity contribution in [2.24, 2.45) is 0 Å². The average molecular weight is 290 g/mol. The summed E-state index contributed by atoms with van der Waals surface area (Å²) >= 11 is 0.954. The predicted octanol–water partition coefficient (Wildman–Crippen LogP) is 0.430. The number of nitrogens with one attached hydrogen (secondary N) is 1. The third-order valence-corrected chi connectivity index (χ3v) is 6.03. The van der Waals surface area contributed by atoms with Crippen LogP contribution in [0.15, 0.2) is 15.7 Å². The van der Waals surface area contributed by atoms with Crippen molar-refractivity contribution in [3.63, 3.8) is 0 Å². The van der Waals surface area contributed by atoms with E-state index in [1.807, 2.05) is 0 Å². The number of nitrogens with zero attached hydrogens (tertiary/aromatic N) is 1. The van der Waals surface area contributed by atoms with E-state index in [4.69, 9.17) is 5.11 Å². The Bertz CT molecular complexity index is 530. The lowest BCUT2D eigenvalue weighted by Crippen LogP contribution is -2.33. The number of sulfonamides is 1. The van der Waals surface area contributed by atoms with Gasteiger partial charge in [0.2, 0.25) is 0 Å². The molecule has 1 aliphatic heterocycles. The maximum atomic E-state index is 12.3. The first kappa shape index (κ1) is 13.5. The summed E-state index contributed by atoms with van der Waals surface area (Å²) in [7, 11) is -3.55. The fourth-order valence-corrected chi connectivity index (χ4v) is 4.54. The molecule has 2 heterocycles. The molecule has 1 aromatic rings. The number of hydrogen-bond donors (Lipinski definition) is 2. The van der Waals surface area contributed by atoms with Crippen molar-refractivity contribution in [3.8, 4) is 0 Å². The summed E-state index contributed by atoms with van der Waals surface area (Å²) in [5.74, 6) is -1.11. The fraction of sp³-hybridized carbons (Fsp3) is 0.500. The molecule has 2 N–H and O–H groups in total. The van der Waals surface area contributed by atoms with Crippen molar-refractivity contribution < 1.29 is 18.3 Å². The van der Waals surface area contributed by atoms with E-state index >= 15 is 0 Å². The highest BCUT2D eigenvalue weighted by Crippen LogP contribution is 2.24. The van der Waals surface area contributed by atoms with Gasteiger partial charge < -0.3 is 10.4 Å². The normalized spacial score (nSPS) is 18.4. The second kappa shape index (κ2) is 5.35. The molecular formula is C10H14N2O4S2. The summed E-state index contributed by atoms with van der Waals surface area (Å²) < 4.78 is 26.1. The van der Waals surface area contributed by atoms with E-state index in [1.165, 1.54) is 15.8 Å². The van der Waals surface area contributed by atoms with Crippen LogP contribution in [-0.2, 0) is 10.0 Å². The first-order valence-electron chi connectivity index (χ1n) is 5.54. The number of rotatable bonds is 3. The van der Waals surface area contributed by atoms with Crippen molar-refractivity contribution in [2.75, 3.05) is 26.2 Å². The molecule has 0 unspecified atom stereocenters. The molecule has 0 saturated carbocycles. The smallest absolute Gasteiger partial charge is 0.336 e. The zero-order valence-electron chi connectivity index (χ0n) is 9.63. The van der Waals surface area contributed by atoms with Crippen LogP contribution in [0.5, 0.6) is 0 Å². The van der Waals surface area contributed by atoms with Crippen LogP contribution in [0.3, 0.4) is 0 Å². The minimum atomic E-state index is -3.55. The molecule has 1 fully saturated rings. The van der Waals surface area contributed by atoms with Crippen LogP contribution in [0.1, 0.15) is 16.8 Å². The Labute approximate surface area is 109 Å². The summed E-state index contributed by atoms with van der Waals surface area (Å²) in [5, 5.41) is 13.3. The van der Waals surface area contributed by atoms with Crippen molar-refractivity contribution in [2.45, 2.75) is 10.6 Å². The molecule has 100 valence electrons. The minimum Gasteiger partial charge on any atom is -0.478 e. The Balaban J connectivity index is 2.25. The Morgan fingerprint density at radius 1 is 1.39 bits per heavy atom. The van der Waals surface area contributed by atoms with Gasteiger partial charge in [-0.1, -0.05) is 0 Å². The van der Waals surface area contributed by atoms with Gasteiger partial charge in [-0.15, -0.1) is 11.3 Å². The van der Waals surface area contributed by atoms with E-state index in [2.05, 4.69) is 5.32 Å². The fourth-order valence-electron chi connectivity index (χ4n) is 1.75. The third kappa shape index (κ3) is 2.72. The van der Waals surface area contributed by atoms with E-state index < -0.39 is 16.0 Å². The highest BCUT2D eigenvalue weighted by atomic mass is 32.2. The highest BCUT2D eigenvalue weighted by Gasteiger charge is 2.27. The molecule has 6 nitrogen and oxygen atoms in total. The van der Waals surface area contributed by atoms with Gasteiger partial charge in [-0.3, -0.25) is 0 Å². The van der Waals surface area contributed by atoms with Gasteiger partial charge in [-0.2, -0.15) is 4.31 Å². The number of carbonyl (C=O) groups is 1. The molecular weight excluding hydrogens is 276 g/mol. The van der Waals surface area contributed by atoms with Crippen molar-refractivity contribution >= 4 is 27.3 Å². The van der Waals surface area contributed by atoms with Crippen molar-refractivity contribution in [1.29, 1.82) is 0 Å². The van der Waals surface area contributed by atoms with Crippen LogP contribution < -0.4 is 5.32 Å². The standard InChI is InChI=1S/C10H14N2O4S2/c13-10(14)8-6-9(17-7-8)18(15,16)12-4-1-2-11-3-5-12/h6-7,11H,1-5H2,(H,13,14). The second-order valence-electron chi connectivity index (χ2n) is 3.97. The molecule has 0 bridgehead atoms. The zero-order valence-corrected chi connectivity index (χ0v) is 11.3. The summed E-state index contributed by atoms with van der Waals surface area (Å²) in [5.41, 5.74) is 0.0199. The first-order chi connectivity index (χ1) is 8.51. The number of thiophene rings is 1. The molecule has 1 aliphatic rings. The van der Waals surface area contributed by atoms with Gasteiger partial charge >= 0.3 is 5.97 Å². The molecule has 2 rings (SSSR count). The average Bonchev–Trinajstić information content (AvgIpc) is 2.66. The Morgan fingerprint density at radius 3 is 2.83 bits per heavy atom. The maximum Gasteiger partial charge on any atom is 0.336 e. The van der Waals surface area contributed by atoms with E-state index in [9.17, 15) is 13.2 Å². The minimum absolute atomic E-state index is 0.0199. The van der Waals surface area contributed by atoms with Crippen LogP contribution in [0.4, 0.5) is 0 Å². The second-order valence-corrected chi connectivity index (χ2v) is 7.04. The number of carboxylic acids is 1. The molecule has 0 aromatic carbocycles. The van der Waals surface area contributed by atoms with E-state index in [0.717, 1.165) is 24.3 Å². The Morgan fingerprint density at radius 2 is 2.17 bits per heavy atom. The molecule has 18 heavy (non-hydrogen) atoms. The Kier molecular flexibility index (Phi) is 4.00. The lowest BCUT2D eigenvalue weighted by molar-refractivity contribution is 0.0697. The van der Waals surface area contributed by atoms with Gasteiger partial charge in [0.05, 0.1) is 5.56 Å². The molecule has 0 spiro atoms. The maximum absolute atomic E-state index is 12.3. The number of aromatic carboxylic acids is 1. The van der Waals surface area contributed by atoms with Crippen molar-refractivity contribution in [1.82, 2.24) is 9.62 Å². The summed E-state index contributed by atoms with van der Waals surface area (Å²) in [6.07, 6.45) is 0.760. The van der Waals surface area contributed by atoms with Crippen LogP contribution in [-0.4, -0.2) is 50.0 Å². The van der Waals surface area contributed by atoms with Crippen LogP contribution in [0, 0.1) is 0 Å². The van der Waals surface area contributed by atoms with Gasteiger partial charge in [-0.05, 0) is 19.0 Å². The predicted molar refractivity (Wildman–Crippen MR) is 67.5 cm³/mol. The van der Waals surface area contributed by atoms with Crippen molar-refractivity contribution in [3.05, 3.63) is 17.0 Å². The summed E-state index contributed by atoms with van der Waals surface area (Å²) in [4.78, 5) is 10.8. The summed E-state index contributed by atoms with van der Waals surface area (Å²) in [6, 6.07) is 1.22. The molecule has 1 saturated heterocycles. The van der Waals surface area contributed by atoms with Gasteiger partial charge in [0.1, 0.15) is 4.21 Å². The third-order valence-electron chi connectivity index (χ3n) is 2.72.